The second kappa shape index (κ2) is 12.4. The van der Waals surface area contributed by atoms with Crippen molar-refractivity contribution in [2.75, 3.05) is 7.11 Å². The second-order valence-corrected chi connectivity index (χ2v) is 9.13. The molecule has 2 aromatic rings. The lowest BCUT2D eigenvalue weighted by atomic mass is 9.95. The number of nitrogens with one attached hydrogen (secondary N) is 1. The van der Waals surface area contributed by atoms with Crippen LogP contribution in [0.1, 0.15) is 39.4 Å². The highest BCUT2D eigenvalue weighted by atomic mass is 35.5. The van der Waals surface area contributed by atoms with Gasteiger partial charge in [-0.2, -0.15) is 39.5 Å². The molecular weight excluding hydrogens is 635 g/mol. The number of esters is 1. The summed E-state index contributed by atoms with van der Waals surface area (Å²) in [6.07, 6.45) is -17.5. The van der Waals surface area contributed by atoms with Crippen LogP contribution in [0, 0.1) is 0 Å². The van der Waals surface area contributed by atoms with Gasteiger partial charge in [-0.05, 0) is 35.9 Å². The van der Waals surface area contributed by atoms with Crippen molar-refractivity contribution in [3.8, 4) is 0 Å². The summed E-state index contributed by atoms with van der Waals surface area (Å²) in [5.41, 5.74) is -5.19. The minimum atomic E-state index is -5.47. The van der Waals surface area contributed by atoms with Crippen molar-refractivity contribution >= 4 is 52.5 Å². The molecule has 0 saturated carbocycles. The van der Waals surface area contributed by atoms with E-state index in [4.69, 9.17) is 34.8 Å². The summed E-state index contributed by atoms with van der Waals surface area (Å²) < 4.78 is 141. The Morgan fingerprint density at radius 3 is 1.93 bits per heavy atom. The molecule has 2 atom stereocenters. The normalized spacial score (nSPS) is 14.5. The number of benzene rings is 2. The maximum absolute atomic E-state index is 14.9. The molecule has 0 bridgehead atoms. The zero-order chi connectivity index (χ0) is 30.8. The molecule has 2 rings (SSSR count). The third kappa shape index (κ3) is 8.40. The summed E-state index contributed by atoms with van der Waals surface area (Å²) in [7, 11) is 0.736. The van der Waals surface area contributed by atoms with Crippen molar-refractivity contribution in [3.05, 3.63) is 73.7 Å². The first-order chi connectivity index (χ1) is 18.2. The third-order valence-electron chi connectivity index (χ3n) is 5.18. The number of carbonyl (C=O) groups is 2. The lowest BCUT2D eigenvalue weighted by Gasteiger charge is -2.22. The average molecular weight is 649 g/mol. The minimum Gasteiger partial charge on any atom is -0.469 e. The van der Waals surface area contributed by atoms with Crippen molar-refractivity contribution in [1.29, 1.82) is 0 Å². The van der Waals surface area contributed by atoms with E-state index in [0.717, 1.165) is 19.2 Å². The smallest absolute Gasteiger partial charge is 0.417 e. The molecule has 40 heavy (non-hydrogen) atoms. The highest BCUT2D eigenvalue weighted by molar-refractivity contribution is 6.48. The summed E-state index contributed by atoms with van der Waals surface area (Å²) in [6.45, 7) is 0. The van der Waals surface area contributed by atoms with Gasteiger partial charge < -0.3 is 10.1 Å². The second-order valence-electron chi connectivity index (χ2n) is 7.94. The molecule has 2 unspecified atom stereocenters. The molecule has 4 nitrogen and oxygen atoms in total. The first-order valence-electron chi connectivity index (χ1n) is 10.4. The topological polar surface area (TPSA) is 55.4 Å². The highest BCUT2D eigenvalue weighted by Crippen LogP contribution is 2.43. The predicted octanol–water partition coefficient (Wildman–Crippen LogP) is 8.55. The van der Waals surface area contributed by atoms with Crippen LogP contribution in [0.2, 0.25) is 15.1 Å². The van der Waals surface area contributed by atoms with Gasteiger partial charge in [0.2, 0.25) is 0 Å². The zero-order valence-corrected chi connectivity index (χ0v) is 21.7. The first kappa shape index (κ1) is 33.5. The molecule has 2 aromatic carbocycles. The fourth-order valence-electron chi connectivity index (χ4n) is 3.24. The zero-order valence-electron chi connectivity index (χ0n) is 19.5. The summed E-state index contributed by atoms with van der Waals surface area (Å²) in [5.74, 6) is -8.00. The average Bonchev–Trinajstić information content (AvgIpc) is 2.82. The lowest BCUT2D eigenvalue weighted by molar-refractivity contribution is -0.166. The Hall–Kier alpha value is -2.71. The molecule has 0 radical (unpaired) electrons. The van der Waals surface area contributed by atoms with Crippen LogP contribution in [-0.4, -0.2) is 37.4 Å². The fraction of sp³-hybridized carbons (Fsp3) is 0.304. The first-order valence-corrected chi connectivity index (χ1v) is 11.5. The van der Waals surface area contributed by atoms with Crippen molar-refractivity contribution in [2.45, 2.75) is 36.9 Å². The Kier molecular flexibility index (Phi) is 10.4. The van der Waals surface area contributed by atoms with E-state index in [2.05, 4.69) is 4.74 Å². The predicted molar refractivity (Wildman–Crippen MR) is 125 cm³/mol. The van der Waals surface area contributed by atoms with Crippen LogP contribution in [-0.2, 0) is 15.7 Å². The van der Waals surface area contributed by atoms with Crippen LogP contribution < -0.4 is 5.32 Å². The van der Waals surface area contributed by atoms with Crippen LogP contribution in [0.25, 0.3) is 5.83 Å². The molecule has 0 aliphatic carbocycles. The van der Waals surface area contributed by atoms with Crippen molar-refractivity contribution in [3.63, 3.8) is 0 Å². The van der Waals surface area contributed by atoms with Gasteiger partial charge in [-0.25, -0.2) is 4.39 Å². The van der Waals surface area contributed by atoms with E-state index >= 15 is 0 Å². The molecule has 1 amide bonds. The number of hydrogen-bond acceptors (Lipinski definition) is 3. The van der Waals surface area contributed by atoms with Gasteiger partial charge in [-0.15, -0.1) is 0 Å². The van der Waals surface area contributed by atoms with Crippen molar-refractivity contribution < 1.29 is 58.2 Å². The van der Waals surface area contributed by atoms with E-state index in [-0.39, 0.29) is 23.2 Å². The van der Waals surface area contributed by atoms with Gasteiger partial charge >= 0.3 is 24.5 Å². The van der Waals surface area contributed by atoms with Crippen LogP contribution in [0.4, 0.5) is 43.9 Å². The maximum atomic E-state index is 14.9. The standard InChI is InChI=1S/C23H14Cl3F10NO3/c1-40-18(38)8-17(23(34,35)36)37-20(39)11-3-2-9(4-13(11)22(31,32)33)16(27)7-12(21(28,29)30)10-5-14(24)19(26)15(25)6-10/h2-7,12,17H,8H2,1H3,(H,37,39)/b16-7-. The Labute approximate surface area is 233 Å². The van der Waals surface area contributed by atoms with E-state index < -0.39 is 86.9 Å². The Morgan fingerprint density at radius 2 is 1.48 bits per heavy atom. The number of ether oxygens (including phenoxy) is 1. The molecule has 0 fully saturated rings. The van der Waals surface area contributed by atoms with E-state index in [1.54, 1.807) is 0 Å². The van der Waals surface area contributed by atoms with Crippen molar-refractivity contribution in [2.24, 2.45) is 0 Å². The van der Waals surface area contributed by atoms with Crippen LogP contribution in [0.5, 0.6) is 0 Å². The fourth-order valence-corrected chi connectivity index (χ4v) is 3.85. The van der Waals surface area contributed by atoms with Gasteiger partial charge in [-0.1, -0.05) is 40.9 Å². The number of halogens is 13. The van der Waals surface area contributed by atoms with Gasteiger partial charge in [0.25, 0.3) is 5.91 Å². The van der Waals surface area contributed by atoms with Crippen LogP contribution >= 0.6 is 34.8 Å². The van der Waals surface area contributed by atoms with E-state index in [0.29, 0.717) is 6.07 Å². The van der Waals surface area contributed by atoms with E-state index in [1.165, 1.54) is 5.32 Å². The van der Waals surface area contributed by atoms with Gasteiger partial charge in [-0.3, -0.25) is 9.59 Å². The lowest BCUT2D eigenvalue weighted by Crippen LogP contribution is -2.47. The maximum Gasteiger partial charge on any atom is 0.417 e. The largest absolute Gasteiger partial charge is 0.469 e. The highest BCUT2D eigenvalue weighted by Gasteiger charge is 2.44. The van der Waals surface area contributed by atoms with Gasteiger partial charge in [0, 0.05) is 5.56 Å². The van der Waals surface area contributed by atoms with Crippen molar-refractivity contribution in [1.82, 2.24) is 5.32 Å². The molecule has 0 aromatic heterocycles. The number of carbonyl (C=O) groups excluding carboxylic acids is 2. The molecule has 0 aliphatic heterocycles. The Balaban J connectivity index is 2.57. The monoisotopic (exact) mass is 647 g/mol. The molecule has 17 heteroatoms. The molecule has 220 valence electrons. The molecule has 0 saturated heterocycles. The van der Waals surface area contributed by atoms with Gasteiger partial charge in [0.15, 0.2) is 0 Å². The molecule has 0 aliphatic rings. The Morgan fingerprint density at radius 1 is 0.925 bits per heavy atom. The SMILES string of the molecule is COC(=O)CC(NC(=O)c1ccc(/C(F)=C/C(c2cc(Cl)c(Cl)c(Cl)c2)C(F)(F)F)cc1C(F)(F)F)C(F)(F)F. The molecule has 0 spiro atoms. The van der Waals surface area contributed by atoms with Crippen LogP contribution in [0.3, 0.4) is 0 Å². The number of alkyl halides is 9. The summed E-state index contributed by atoms with van der Waals surface area (Å²) in [6, 6.07) is -0.844. The van der Waals surface area contributed by atoms with E-state index in [1.807, 2.05) is 0 Å². The minimum absolute atomic E-state index is 0.0566. The molecular formula is C23H14Cl3F10NO3. The van der Waals surface area contributed by atoms with E-state index in [9.17, 15) is 53.5 Å². The number of amides is 1. The quantitative estimate of drug-likeness (QED) is 0.186. The molecule has 0 heterocycles. The van der Waals surface area contributed by atoms with Crippen LogP contribution in [0.15, 0.2) is 36.4 Å². The Bertz CT molecular complexity index is 1280. The number of rotatable bonds is 7. The summed E-state index contributed by atoms with van der Waals surface area (Å²) in [4.78, 5) is 23.6. The van der Waals surface area contributed by atoms with Gasteiger partial charge in [0.05, 0.1) is 39.7 Å². The third-order valence-corrected chi connectivity index (χ3v) is 6.37. The number of methoxy groups -OCH3 is 1. The van der Waals surface area contributed by atoms with Gasteiger partial charge in [0.1, 0.15) is 17.8 Å². The number of hydrogen-bond donors (Lipinski definition) is 1. The summed E-state index contributed by atoms with van der Waals surface area (Å²) in [5, 5.41) is 0.0762. The summed E-state index contributed by atoms with van der Waals surface area (Å²) >= 11 is 17.2. The number of allylic oxidation sites excluding steroid dienone is 1. The molecule has 1 N–H and O–H groups in total.